The molecule has 0 radical (unpaired) electrons. The molecule has 1 amide bonds. The number of carbonyl (C=O) groups excluding carboxylic acids is 1. The summed E-state index contributed by atoms with van der Waals surface area (Å²) in [5.41, 5.74) is 8.43. The molecular weight excluding hydrogens is 491 g/mol. The molecule has 1 aliphatic carbocycles. The minimum atomic E-state index is -0.285. The Morgan fingerprint density at radius 1 is 1.19 bits per heavy atom. The number of rotatable bonds is 12. The molecule has 1 aliphatic rings. The number of halogens is 1. The smallest absolute Gasteiger partial charge is 0.305 e. The molecule has 9 heteroatoms. The van der Waals surface area contributed by atoms with Gasteiger partial charge in [-0.15, -0.1) is 0 Å². The van der Waals surface area contributed by atoms with Crippen molar-refractivity contribution in [2.75, 3.05) is 26.2 Å². The van der Waals surface area contributed by atoms with Gasteiger partial charge in [-0.25, -0.2) is 4.39 Å². The van der Waals surface area contributed by atoms with Gasteiger partial charge < -0.3 is 26.0 Å². The Bertz CT molecular complexity index is 1240. The number of nitrogens with zero attached hydrogens (tertiary/aromatic N) is 1. The van der Waals surface area contributed by atoms with Crippen LogP contribution in [0.15, 0.2) is 41.2 Å². The van der Waals surface area contributed by atoms with E-state index < -0.39 is 0 Å². The van der Waals surface area contributed by atoms with Crippen molar-refractivity contribution in [3.8, 4) is 5.75 Å². The fourth-order valence-electron chi connectivity index (χ4n) is 5.29. The molecule has 7 nitrogen and oxygen atoms in total. The number of amides is 1. The topological polar surface area (TPSA) is 111 Å². The first-order valence-corrected chi connectivity index (χ1v) is 14.1. The summed E-state index contributed by atoms with van der Waals surface area (Å²) in [6, 6.07) is 10.2. The van der Waals surface area contributed by atoms with E-state index in [0.717, 1.165) is 52.8 Å². The summed E-state index contributed by atoms with van der Waals surface area (Å²) >= 11 is 1.11. The molecule has 1 aromatic heterocycles. The number of fused-ring (bicyclic) bond motifs is 1. The van der Waals surface area contributed by atoms with Gasteiger partial charge in [-0.1, -0.05) is 48.8 Å². The maximum absolute atomic E-state index is 13.6. The molecule has 0 aliphatic heterocycles. The van der Waals surface area contributed by atoms with Gasteiger partial charge in [0.25, 0.3) is 0 Å². The van der Waals surface area contributed by atoms with Crippen LogP contribution in [-0.2, 0) is 17.6 Å². The van der Waals surface area contributed by atoms with Gasteiger partial charge in [0.2, 0.25) is 5.91 Å². The van der Waals surface area contributed by atoms with Gasteiger partial charge in [0.1, 0.15) is 17.1 Å². The fraction of sp³-hybridized carbons (Fsp3) is 0.500. The Morgan fingerprint density at radius 3 is 2.76 bits per heavy atom. The van der Waals surface area contributed by atoms with Gasteiger partial charge >= 0.3 is 4.87 Å². The normalized spacial score (nSPS) is 15.2. The zero-order chi connectivity index (χ0) is 26.2. The van der Waals surface area contributed by atoms with E-state index in [2.05, 4.69) is 10.3 Å². The van der Waals surface area contributed by atoms with Crippen LogP contribution in [0.5, 0.6) is 5.75 Å². The molecule has 0 bridgehead atoms. The van der Waals surface area contributed by atoms with Crippen molar-refractivity contribution in [1.82, 2.24) is 15.2 Å². The average Bonchev–Trinajstić information content (AvgIpc) is 3.30. The number of carbonyl (C=O) groups is 1. The maximum Gasteiger partial charge on any atom is 0.305 e. The van der Waals surface area contributed by atoms with E-state index in [-0.39, 0.29) is 40.9 Å². The number of H-pyrrole nitrogens is 1. The molecule has 5 N–H and O–H groups in total. The van der Waals surface area contributed by atoms with Crippen molar-refractivity contribution in [2.45, 2.75) is 57.4 Å². The highest BCUT2D eigenvalue weighted by Gasteiger charge is 2.29. The number of aromatic amines is 1. The summed E-state index contributed by atoms with van der Waals surface area (Å²) in [5.74, 6) is -0.364. The number of phenols is 1. The number of aromatic hydroxyl groups is 1. The van der Waals surface area contributed by atoms with E-state index in [1.54, 1.807) is 12.1 Å². The first-order chi connectivity index (χ1) is 18.0. The van der Waals surface area contributed by atoms with Crippen molar-refractivity contribution in [3.63, 3.8) is 0 Å². The number of nitrogens with one attached hydrogen (secondary N) is 2. The molecule has 1 unspecified atom stereocenters. The van der Waals surface area contributed by atoms with Crippen LogP contribution in [0.1, 0.15) is 49.7 Å². The van der Waals surface area contributed by atoms with Crippen molar-refractivity contribution >= 4 is 27.5 Å². The molecule has 37 heavy (non-hydrogen) atoms. The lowest BCUT2D eigenvalue weighted by Crippen LogP contribution is -2.48. The third kappa shape index (κ3) is 7.18. The van der Waals surface area contributed by atoms with Gasteiger partial charge in [-0.2, -0.15) is 0 Å². The zero-order valence-electron chi connectivity index (χ0n) is 21.2. The van der Waals surface area contributed by atoms with Crippen LogP contribution in [0.3, 0.4) is 0 Å². The first-order valence-electron chi connectivity index (χ1n) is 13.3. The summed E-state index contributed by atoms with van der Waals surface area (Å²) in [7, 11) is 0. The van der Waals surface area contributed by atoms with Crippen molar-refractivity contribution in [3.05, 3.63) is 63.0 Å². The van der Waals surface area contributed by atoms with Crippen molar-refractivity contribution in [2.24, 2.45) is 11.7 Å². The number of nitrogens with two attached hydrogens (primary N) is 1. The van der Waals surface area contributed by atoms with Gasteiger partial charge in [0.05, 0.1) is 10.6 Å². The van der Waals surface area contributed by atoms with Gasteiger partial charge in [-0.05, 0) is 68.0 Å². The molecule has 2 aromatic carbocycles. The molecule has 1 atom stereocenters. The summed E-state index contributed by atoms with van der Waals surface area (Å²) in [4.78, 5) is 29.9. The van der Waals surface area contributed by atoms with Crippen LogP contribution < -0.4 is 15.9 Å². The number of aromatic nitrogens is 1. The van der Waals surface area contributed by atoms with Crippen LogP contribution in [0, 0.1) is 11.7 Å². The fourth-order valence-corrected chi connectivity index (χ4v) is 6.19. The van der Waals surface area contributed by atoms with E-state index in [4.69, 9.17) is 5.73 Å². The summed E-state index contributed by atoms with van der Waals surface area (Å²) < 4.78 is 14.4. The molecule has 0 saturated heterocycles. The molecule has 0 spiro atoms. The molecule has 1 saturated carbocycles. The lowest BCUT2D eigenvalue weighted by molar-refractivity contribution is -0.138. The highest BCUT2D eigenvalue weighted by Crippen LogP contribution is 2.28. The Morgan fingerprint density at radius 2 is 2.00 bits per heavy atom. The SMILES string of the molecule is NCC(CCc1cccc(F)c1)C(=O)N(CCNCCc1ccc(O)c2[nH]c(=O)sc12)C1CCCCC1. The number of thiazole rings is 1. The molecule has 1 fully saturated rings. The second-order valence-electron chi connectivity index (χ2n) is 9.89. The monoisotopic (exact) mass is 528 g/mol. The number of phenolic OH excluding ortho intramolecular Hbond substituents is 1. The molecular formula is C28H37FN4O3S. The Kier molecular flexibility index (Phi) is 9.71. The van der Waals surface area contributed by atoms with Gasteiger partial charge in [0, 0.05) is 25.7 Å². The number of aryl methyl sites for hydroxylation is 1. The standard InChI is InChI=1S/C28H37FN4O3S/c29-22-6-4-5-19(17-22)9-10-21(18-30)27(35)33(23-7-2-1-3-8-23)16-15-31-14-13-20-11-12-24(34)25-26(20)37-28(36)32-25/h4-6,11-12,17,21,23,31,34H,1-3,7-10,13-16,18,30H2,(H,32,36). The van der Waals surface area contributed by atoms with E-state index >= 15 is 0 Å². The van der Waals surface area contributed by atoms with Crippen LogP contribution in [0.4, 0.5) is 4.39 Å². The Labute approximate surface area is 220 Å². The molecule has 4 rings (SSSR count). The van der Waals surface area contributed by atoms with Gasteiger partial charge in [0.15, 0.2) is 0 Å². The van der Waals surface area contributed by atoms with Gasteiger partial charge in [-0.3, -0.25) is 9.59 Å². The van der Waals surface area contributed by atoms with Crippen molar-refractivity contribution < 1.29 is 14.3 Å². The van der Waals surface area contributed by atoms with E-state index in [0.29, 0.717) is 44.4 Å². The van der Waals surface area contributed by atoms with Crippen LogP contribution in [-0.4, -0.2) is 53.1 Å². The van der Waals surface area contributed by atoms with E-state index in [1.165, 1.54) is 18.6 Å². The molecule has 1 heterocycles. The quantitative estimate of drug-likeness (QED) is 0.266. The van der Waals surface area contributed by atoms with E-state index in [9.17, 15) is 19.1 Å². The number of benzene rings is 2. The highest BCUT2D eigenvalue weighted by atomic mass is 32.1. The zero-order valence-corrected chi connectivity index (χ0v) is 22.0. The summed E-state index contributed by atoms with van der Waals surface area (Å²) in [6.07, 6.45) is 7.45. The maximum atomic E-state index is 13.6. The number of hydrogen-bond acceptors (Lipinski definition) is 6. The molecule has 3 aromatic rings. The summed E-state index contributed by atoms with van der Waals surface area (Å²) in [5, 5.41) is 13.4. The summed E-state index contributed by atoms with van der Waals surface area (Å²) in [6.45, 7) is 2.25. The van der Waals surface area contributed by atoms with Crippen LogP contribution >= 0.6 is 11.3 Å². The molecule has 200 valence electrons. The second kappa shape index (κ2) is 13.2. The highest BCUT2D eigenvalue weighted by molar-refractivity contribution is 7.16. The predicted molar refractivity (Wildman–Crippen MR) is 147 cm³/mol. The largest absolute Gasteiger partial charge is 0.506 e. The minimum absolute atomic E-state index is 0.0820. The second-order valence-corrected chi connectivity index (χ2v) is 10.9. The lowest BCUT2D eigenvalue weighted by Gasteiger charge is -2.36. The first kappa shape index (κ1) is 27.3. The Balaban J connectivity index is 1.34. The predicted octanol–water partition coefficient (Wildman–Crippen LogP) is 3.94. The van der Waals surface area contributed by atoms with Crippen LogP contribution in [0.2, 0.25) is 0 Å². The third-order valence-electron chi connectivity index (χ3n) is 7.34. The minimum Gasteiger partial charge on any atom is -0.506 e. The third-order valence-corrected chi connectivity index (χ3v) is 8.30. The van der Waals surface area contributed by atoms with Crippen LogP contribution in [0.25, 0.3) is 10.2 Å². The average molecular weight is 529 g/mol. The Hall–Kier alpha value is -2.75. The number of hydrogen-bond donors (Lipinski definition) is 4. The van der Waals surface area contributed by atoms with E-state index in [1.807, 2.05) is 17.0 Å². The van der Waals surface area contributed by atoms with Crippen molar-refractivity contribution in [1.29, 1.82) is 0 Å². The lowest BCUT2D eigenvalue weighted by atomic mass is 9.91.